The first kappa shape index (κ1) is 24.0. The lowest BCUT2D eigenvalue weighted by atomic mass is 10.1. The lowest BCUT2D eigenvalue weighted by molar-refractivity contribution is 0.0692. The molecule has 0 radical (unpaired) electrons. The zero-order valence-electron chi connectivity index (χ0n) is 20.1. The number of nitrogens with zero attached hydrogens (tertiary/aromatic N) is 3. The van der Waals surface area contributed by atoms with Crippen LogP contribution in [0, 0.1) is 19.7 Å². The smallest absolute Gasteiger partial charge is 0.339 e. The zero-order valence-corrected chi connectivity index (χ0v) is 20.1. The van der Waals surface area contributed by atoms with Crippen LogP contribution in [0.2, 0.25) is 0 Å². The minimum Gasteiger partial charge on any atom is -0.496 e. The molecule has 0 aliphatic carbocycles. The van der Waals surface area contributed by atoms with Crippen molar-refractivity contribution in [1.29, 1.82) is 0 Å². The summed E-state index contributed by atoms with van der Waals surface area (Å²) in [6.07, 6.45) is 0. The second-order valence-corrected chi connectivity index (χ2v) is 8.01. The molecule has 182 valence electrons. The molecule has 2 heterocycles. The molecule has 0 spiro atoms. The number of nitrogens with one attached hydrogen (secondary N) is 1. The van der Waals surface area contributed by atoms with E-state index in [0.29, 0.717) is 53.9 Å². The maximum absolute atomic E-state index is 14.6. The number of methoxy groups -OCH3 is 1. The van der Waals surface area contributed by atoms with E-state index in [4.69, 9.17) is 9.47 Å². The van der Waals surface area contributed by atoms with Crippen LogP contribution in [0.15, 0.2) is 42.5 Å². The molecule has 8 nitrogen and oxygen atoms in total. The molecular weight excluding hydrogens is 451 g/mol. The van der Waals surface area contributed by atoms with E-state index in [1.165, 1.54) is 12.1 Å². The number of rotatable bonds is 9. The van der Waals surface area contributed by atoms with E-state index in [0.717, 1.165) is 11.1 Å². The molecule has 0 amide bonds. The van der Waals surface area contributed by atoms with Crippen molar-refractivity contribution in [1.82, 2.24) is 14.5 Å². The largest absolute Gasteiger partial charge is 0.496 e. The summed E-state index contributed by atoms with van der Waals surface area (Å²) >= 11 is 0. The van der Waals surface area contributed by atoms with Crippen LogP contribution in [-0.4, -0.2) is 45.9 Å². The highest BCUT2D eigenvalue weighted by Gasteiger charge is 2.16. The number of carbonyl (C=O) groups is 1. The summed E-state index contributed by atoms with van der Waals surface area (Å²) in [5, 5.41) is 13.4. The molecular formula is C26H27FN4O4. The fourth-order valence-corrected chi connectivity index (χ4v) is 4.14. The number of aromatic carboxylic acids is 1. The maximum Gasteiger partial charge on any atom is 0.339 e. The molecule has 0 fully saturated rings. The molecule has 9 heteroatoms. The van der Waals surface area contributed by atoms with Gasteiger partial charge in [-0.25, -0.2) is 19.2 Å². The lowest BCUT2D eigenvalue weighted by Crippen LogP contribution is -2.13. The van der Waals surface area contributed by atoms with Crippen LogP contribution in [-0.2, 0) is 6.54 Å². The van der Waals surface area contributed by atoms with Crippen molar-refractivity contribution < 1.29 is 23.8 Å². The van der Waals surface area contributed by atoms with Crippen LogP contribution in [0.1, 0.15) is 28.8 Å². The highest BCUT2D eigenvalue weighted by molar-refractivity contribution is 5.92. The Morgan fingerprint density at radius 1 is 1.11 bits per heavy atom. The van der Waals surface area contributed by atoms with Gasteiger partial charge in [-0.1, -0.05) is 6.07 Å². The maximum atomic E-state index is 14.6. The second-order valence-electron chi connectivity index (χ2n) is 8.01. The highest BCUT2D eigenvalue weighted by Crippen LogP contribution is 2.31. The Morgan fingerprint density at radius 2 is 1.91 bits per heavy atom. The Bertz CT molecular complexity index is 1400. The van der Waals surface area contributed by atoms with Gasteiger partial charge in [-0.2, -0.15) is 0 Å². The molecule has 4 rings (SSSR count). The first-order valence-corrected chi connectivity index (χ1v) is 11.2. The highest BCUT2D eigenvalue weighted by atomic mass is 19.1. The van der Waals surface area contributed by atoms with Crippen molar-refractivity contribution in [2.75, 3.05) is 25.6 Å². The average molecular weight is 479 g/mol. The van der Waals surface area contributed by atoms with Gasteiger partial charge < -0.3 is 24.5 Å². The fraction of sp³-hybridized carbons (Fsp3) is 0.269. The molecule has 2 N–H and O–H groups in total. The summed E-state index contributed by atoms with van der Waals surface area (Å²) in [5.41, 5.74) is 2.87. The average Bonchev–Trinajstić information content (AvgIpc) is 3.16. The number of aryl methyl sites for hydroxylation is 2. The first-order chi connectivity index (χ1) is 16.8. The third kappa shape index (κ3) is 4.89. The molecule has 0 atom stereocenters. The number of ether oxygens (including phenoxy) is 2. The Morgan fingerprint density at radius 3 is 2.63 bits per heavy atom. The van der Waals surface area contributed by atoms with Gasteiger partial charge in [-0.05, 0) is 51.1 Å². The summed E-state index contributed by atoms with van der Waals surface area (Å²) in [5.74, 6) is 0.735. The number of hydrogen-bond donors (Lipinski definition) is 2. The molecule has 0 saturated heterocycles. The second kappa shape index (κ2) is 10.0. The Kier molecular flexibility index (Phi) is 6.86. The Labute approximate surface area is 202 Å². The third-order valence-corrected chi connectivity index (χ3v) is 5.68. The van der Waals surface area contributed by atoms with Crippen LogP contribution in [0.4, 0.5) is 10.2 Å². The SMILES string of the molecule is CCOc1cc(-c2cc(NCCn3c(C)cc4c(OC)ccc(F)c43)nc(C)n2)ccc1C(=O)O. The normalized spacial score (nSPS) is 11.0. The van der Waals surface area contributed by atoms with Gasteiger partial charge in [-0.3, -0.25) is 0 Å². The van der Waals surface area contributed by atoms with Crippen LogP contribution >= 0.6 is 0 Å². The predicted octanol–water partition coefficient (Wildman–Crippen LogP) is 5.07. The summed E-state index contributed by atoms with van der Waals surface area (Å²) in [6.45, 7) is 6.88. The van der Waals surface area contributed by atoms with Gasteiger partial charge in [0.2, 0.25) is 0 Å². The molecule has 2 aromatic heterocycles. The van der Waals surface area contributed by atoms with Crippen molar-refractivity contribution in [3.63, 3.8) is 0 Å². The number of hydrogen-bond acceptors (Lipinski definition) is 6. The van der Waals surface area contributed by atoms with Gasteiger partial charge in [0.25, 0.3) is 0 Å². The summed E-state index contributed by atoms with van der Waals surface area (Å²) < 4.78 is 27.4. The van der Waals surface area contributed by atoms with Crippen LogP contribution < -0.4 is 14.8 Å². The van der Waals surface area contributed by atoms with Gasteiger partial charge in [-0.15, -0.1) is 0 Å². The van der Waals surface area contributed by atoms with E-state index in [9.17, 15) is 14.3 Å². The van der Waals surface area contributed by atoms with Crippen molar-refractivity contribution in [2.45, 2.75) is 27.3 Å². The number of carboxylic acid groups (broad SMARTS) is 1. The van der Waals surface area contributed by atoms with Crippen LogP contribution in [0.3, 0.4) is 0 Å². The van der Waals surface area contributed by atoms with Gasteiger partial charge in [0.15, 0.2) is 0 Å². The quantitative estimate of drug-likeness (QED) is 0.346. The summed E-state index contributed by atoms with van der Waals surface area (Å²) in [7, 11) is 1.57. The Hall–Kier alpha value is -4.14. The van der Waals surface area contributed by atoms with Crippen LogP contribution in [0.5, 0.6) is 11.5 Å². The molecule has 2 aromatic carbocycles. The molecule has 0 saturated carbocycles. The predicted molar refractivity (Wildman–Crippen MR) is 132 cm³/mol. The number of benzene rings is 2. The van der Waals surface area contributed by atoms with Gasteiger partial charge in [0.05, 0.1) is 24.9 Å². The van der Waals surface area contributed by atoms with Gasteiger partial charge >= 0.3 is 5.97 Å². The monoisotopic (exact) mass is 478 g/mol. The van der Waals surface area contributed by atoms with E-state index >= 15 is 0 Å². The zero-order chi connectivity index (χ0) is 25.1. The van der Waals surface area contributed by atoms with Crippen molar-refractivity contribution >= 4 is 22.7 Å². The first-order valence-electron chi connectivity index (χ1n) is 11.2. The number of fused-ring (bicyclic) bond motifs is 1. The van der Waals surface area contributed by atoms with E-state index in [2.05, 4.69) is 15.3 Å². The number of carboxylic acids is 1. The number of halogens is 1. The number of anilines is 1. The topological polar surface area (TPSA) is 98.5 Å². The summed E-state index contributed by atoms with van der Waals surface area (Å²) in [6, 6.07) is 11.6. The molecule has 0 bridgehead atoms. The molecule has 0 aliphatic rings. The van der Waals surface area contributed by atoms with Gasteiger partial charge in [0, 0.05) is 35.8 Å². The van der Waals surface area contributed by atoms with E-state index < -0.39 is 5.97 Å². The van der Waals surface area contributed by atoms with E-state index in [1.54, 1.807) is 45.2 Å². The molecule has 0 unspecified atom stereocenters. The minimum atomic E-state index is -1.05. The lowest BCUT2D eigenvalue weighted by Gasteiger charge is -2.13. The molecule has 35 heavy (non-hydrogen) atoms. The summed E-state index contributed by atoms with van der Waals surface area (Å²) in [4.78, 5) is 20.4. The van der Waals surface area contributed by atoms with Crippen molar-refractivity contribution in [3.05, 3.63) is 65.4 Å². The van der Waals surface area contributed by atoms with Crippen molar-refractivity contribution in [3.8, 4) is 22.8 Å². The van der Waals surface area contributed by atoms with Crippen molar-refractivity contribution in [2.24, 2.45) is 0 Å². The van der Waals surface area contributed by atoms with Crippen LogP contribution in [0.25, 0.3) is 22.2 Å². The minimum absolute atomic E-state index is 0.0953. The van der Waals surface area contributed by atoms with E-state index in [1.807, 2.05) is 17.6 Å². The Balaban J connectivity index is 1.57. The third-order valence-electron chi connectivity index (χ3n) is 5.68. The van der Waals surface area contributed by atoms with Gasteiger partial charge in [0.1, 0.15) is 34.5 Å². The molecule has 0 aliphatic heterocycles. The fourth-order valence-electron chi connectivity index (χ4n) is 4.14. The standard InChI is InChI=1S/C26H27FN4O4/c1-5-35-23-13-17(6-7-18(23)26(32)33)21-14-24(30-16(3)29-21)28-10-11-31-15(2)12-19-22(34-4)9-8-20(27)25(19)31/h6-9,12-14H,5,10-11H2,1-4H3,(H,32,33)(H,28,29,30). The molecule has 4 aromatic rings. The van der Waals surface area contributed by atoms with E-state index in [-0.39, 0.29) is 17.1 Å². The number of aromatic nitrogens is 3.